The molecular formula is C6H11NO4. The number of nitrogens with one attached hydrogen (secondary N) is 1. The number of aliphatic hydroxyl groups is 1. The molecule has 0 rings (SSSR count). The van der Waals surface area contributed by atoms with Gasteiger partial charge < -0.3 is 15.5 Å². The predicted octanol–water partition coefficient (Wildman–Crippen LogP) is -1.04. The Balaban J connectivity index is 3.92. The van der Waals surface area contributed by atoms with E-state index in [0.29, 0.717) is 0 Å². The van der Waals surface area contributed by atoms with Crippen LogP contribution in [0.5, 0.6) is 0 Å². The van der Waals surface area contributed by atoms with Gasteiger partial charge in [0.05, 0.1) is 6.54 Å². The Kier molecular flexibility index (Phi) is 3.00. The molecule has 5 nitrogen and oxygen atoms in total. The van der Waals surface area contributed by atoms with Crippen molar-refractivity contribution in [2.24, 2.45) is 0 Å². The average molecular weight is 161 g/mol. The number of amides is 1. The fraction of sp³-hybridized carbons (Fsp3) is 0.667. The first-order valence-electron chi connectivity index (χ1n) is 3.06. The second-order valence-electron chi connectivity index (χ2n) is 2.49. The van der Waals surface area contributed by atoms with Gasteiger partial charge in [0.25, 0.3) is 0 Å². The number of carbonyl (C=O) groups is 2. The van der Waals surface area contributed by atoms with Crippen molar-refractivity contribution in [3.63, 3.8) is 0 Å². The summed E-state index contributed by atoms with van der Waals surface area (Å²) < 4.78 is 0. The van der Waals surface area contributed by atoms with E-state index in [4.69, 9.17) is 10.2 Å². The van der Waals surface area contributed by atoms with E-state index in [2.05, 4.69) is 5.32 Å². The molecule has 0 aliphatic rings. The molecule has 0 heterocycles. The summed E-state index contributed by atoms with van der Waals surface area (Å²) in [7, 11) is 0. The zero-order chi connectivity index (χ0) is 9.07. The minimum Gasteiger partial charge on any atom is -0.479 e. The monoisotopic (exact) mass is 161 g/mol. The van der Waals surface area contributed by atoms with Crippen molar-refractivity contribution in [2.45, 2.75) is 19.4 Å². The highest BCUT2D eigenvalue weighted by Gasteiger charge is 2.29. The molecule has 0 spiro atoms. The van der Waals surface area contributed by atoms with E-state index in [1.54, 1.807) is 0 Å². The summed E-state index contributed by atoms with van der Waals surface area (Å²) in [4.78, 5) is 20.5. The molecule has 0 aromatic carbocycles. The highest BCUT2D eigenvalue weighted by molar-refractivity contribution is 5.79. The molecule has 0 radical (unpaired) electrons. The van der Waals surface area contributed by atoms with Gasteiger partial charge in [0.15, 0.2) is 5.60 Å². The summed E-state index contributed by atoms with van der Waals surface area (Å²) in [6, 6.07) is 0. The molecule has 5 heteroatoms. The van der Waals surface area contributed by atoms with Crippen LogP contribution in [0.3, 0.4) is 0 Å². The largest absolute Gasteiger partial charge is 0.479 e. The van der Waals surface area contributed by atoms with Gasteiger partial charge in [-0.25, -0.2) is 4.79 Å². The molecule has 64 valence electrons. The highest BCUT2D eigenvalue weighted by Crippen LogP contribution is 1.99. The van der Waals surface area contributed by atoms with E-state index in [9.17, 15) is 9.59 Å². The van der Waals surface area contributed by atoms with Gasteiger partial charge in [-0.1, -0.05) is 0 Å². The summed E-state index contributed by atoms with van der Waals surface area (Å²) in [5.41, 5.74) is -1.88. The molecule has 0 aliphatic carbocycles. The lowest BCUT2D eigenvalue weighted by molar-refractivity contribution is -0.156. The van der Waals surface area contributed by atoms with Crippen LogP contribution in [0.15, 0.2) is 0 Å². The third kappa shape index (κ3) is 3.57. The lowest BCUT2D eigenvalue weighted by Gasteiger charge is -2.17. The van der Waals surface area contributed by atoms with Crippen LogP contribution in [0.2, 0.25) is 0 Å². The Morgan fingerprint density at radius 1 is 1.55 bits per heavy atom. The fourth-order valence-corrected chi connectivity index (χ4v) is 0.372. The number of hydrogen-bond donors (Lipinski definition) is 3. The SMILES string of the molecule is CC(=O)NCC(C)(O)C(=O)O. The number of carboxylic acid groups (broad SMARTS) is 1. The maximum absolute atomic E-state index is 10.3. The van der Waals surface area contributed by atoms with Crippen LogP contribution in [-0.2, 0) is 9.59 Å². The van der Waals surface area contributed by atoms with E-state index >= 15 is 0 Å². The molecule has 0 saturated heterocycles. The maximum atomic E-state index is 10.3. The number of hydrogen-bond acceptors (Lipinski definition) is 3. The minimum absolute atomic E-state index is 0.280. The van der Waals surface area contributed by atoms with Crippen molar-refractivity contribution in [1.29, 1.82) is 0 Å². The molecule has 3 N–H and O–H groups in total. The predicted molar refractivity (Wildman–Crippen MR) is 36.9 cm³/mol. The third-order valence-electron chi connectivity index (χ3n) is 1.14. The lowest BCUT2D eigenvalue weighted by Crippen LogP contribution is -2.46. The van der Waals surface area contributed by atoms with Gasteiger partial charge in [-0.3, -0.25) is 4.79 Å². The van der Waals surface area contributed by atoms with Crippen molar-refractivity contribution >= 4 is 11.9 Å². The number of rotatable bonds is 3. The van der Waals surface area contributed by atoms with Crippen LogP contribution < -0.4 is 5.32 Å². The van der Waals surface area contributed by atoms with Crippen LogP contribution >= 0.6 is 0 Å². The smallest absolute Gasteiger partial charge is 0.337 e. The molecule has 0 saturated carbocycles. The van der Waals surface area contributed by atoms with Gasteiger partial charge in [0.1, 0.15) is 0 Å². The normalized spacial score (nSPS) is 15.2. The summed E-state index contributed by atoms with van der Waals surface area (Å²) in [5, 5.41) is 19.6. The summed E-state index contributed by atoms with van der Waals surface area (Å²) >= 11 is 0. The molecule has 1 atom stereocenters. The van der Waals surface area contributed by atoms with Crippen molar-refractivity contribution < 1.29 is 19.8 Å². The van der Waals surface area contributed by atoms with Crippen LogP contribution in [0.4, 0.5) is 0 Å². The minimum atomic E-state index is -1.88. The Morgan fingerprint density at radius 3 is 2.27 bits per heavy atom. The molecule has 0 aliphatic heterocycles. The van der Waals surface area contributed by atoms with Gasteiger partial charge >= 0.3 is 5.97 Å². The van der Waals surface area contributed by atoms with Gasteiger partial charge in [-0.05, 0) is 6.92 Å². The van der Waals surface area contributed by atoms with Crippen molar-refractivity contribution in [3.8, 4) is 0 Å². The zero-order valence-electron chi connectivity index (χ0n) is 6.42. The van der Waals surface area contributed by atoms with E-state index in [1.165, 1.54) is 6.92 Å². The van der Waals surface area contributed by atoms with E-state index in [1.807, 2.05) is 0 Å². The number of carboxylic acids is 1. The van der Waals surface area contributed by atoms with E-state index in [0.717, 1.165) is 6.92 Å². The van der Waals surface area contributed by atoms with Gasteiger partial charge in [0.2, 0.25) is 5.91 Å². The molecule has 0 bridgehead atoms. The summed E-state index contributed by atoms with van der Waals surface area (Å²) in [6.07, 6.45) is 0. The van der Waals surface area contributed by atoms with Crippen LogP contribution in [0.1, 0.15) is 13.8 Å². The van der Waals surface area contributed by atoms with E-state index in [-0.39, 0.29) is 12.5 Å². The second kappa shape index (κ2) is 3.34. The summed E-state index contributed by atoms with van der Waals surface area (Å²) in [6.45, 7) is 2.08. The molecule has 11 heavy (non-hydrogen) atoms. The van der Waals surface area contributed by atoms with Crippen molar-refractivity contribution in [1.82, 2.24) is 5.32 Å². The van der Waals surface area contributed by atoms with Crippen molar-refractivity contribution in [2.75, 3.05) is 6.54 Å². The Hall–Kier alpha value is -1.10. The third-order valence-corrected chi connectivity index (χ3v) is 1.14. The van der Waals surface area contributed by atoms with Crippen LogP contribution in [-0.4, -0.2) is 34.2 Å². The van der Waals surface area contributed by atoms with Crippen LogP contribution in [0, 0.1) is 0 Å². The Morgan fingerprint density at radius 2 is 2.00 bits per heavy atom. The van der Waals surface area contributed by atoms with E-state index < -0.39 is 11.6 Å². The van der Waals surface area contributed by atoms with Crippen molar-refractivity contribution in [3.05, 3.63) is 0 Å². The first-order chi connectivity index (χ1) is 4.86. The molecule has 1 unspecified atom stereocenters. The fourth-order valence-electron chi connectivity index (χ4n) is 0.372. The Bertz CT molecular complexity index is 175. The van der Waals surface area contributed by atoms with Gasteiger partial charge in [-0.2, -0.15) is 0 Å². The standard InChI is InChI=1S/C6H11NO4/c1-4(8)7-3-6(2,11)5(9)10/h11H,3H2,1-2H3,(H,7,8)(H,9,10). The van der Waals surface area contributed by atoms with Crippen LogP contribution in [0.25, 0.3) is 0 Å². The average Bonchev–Trinajstić information content (AvgIpc) is 1.84. The van der Waals surface area contributed by atoms with Gasteiger partial charge in [0, 0.05) is 6.92 Å². The molecule has 0 aromatic heterocycles. The first kappa shape index (κ1) is 9.90. The molecular weight excluding hydrogens is 150 g/mol. The molecule has 0 aromatic rings. The topological polar surface area (TPSA) is 86.6 Å². The number of carbonyl (C=O) groups excluding carboxylic acids is 1. The molecule has 0 fully saturated rings. The molecule has 1 amide bonds. The highest BCUT2D eigenvalue weighted by atomic mass is 16.4. The second-order valence-corrected chi connectivity index (χ2v) is 2.49. The Labute approximate surface area is 64.0 Å². The summed E-state index contributed by atoms with van der Waals surface area (Å²) in [5.74, 6) is -1.72. The lowest BCUT2D eigenvalue weighted by atomic mass is 10.1. The maximum Gasteiger partial charge on any atom is 0.337 e. The van der Waals surface area contributed by atoms with Gasteiger partial charge in [-0.15, -0.1) is 0 Å². The zero-order valence-corrected chi connectivity index (χ0v) is 6.42. The first-order valence-corrected chi connectivity index (χ1v) is 3.06. The quantitative estimate of drug-likeness (QED) is 0.493. The number of aliphatic carboxylic acids is 1.